The quantitative estimate of drug-likeness (QED) is 0.840. The van der Waals surface area contributed by atoms with Crippen molar-refractivity contribution in [2.75, 3.05) is 6.54 Å². The van der Waals surface area contributed by atoms with E-state index in [0.717, 1.165) is 25.7 Å². The number of carbonyl (C=O) groups is 1. The van der Waals surface area contributed by atoms with Gasteiger partial charge in [0.1, 0.15) is 10.3 Å². The monoisotopic (exact) mass is 288 g/mol. The van der Waals surface area contributed by atoms with Crippen molar-refractivity contribution in [1.82, 2.24) is 10.3 Å². The van der Waals surface area contributed by atoms with Crippen molar-refractivity contribution in [3.05, 3.63) is 28.0 Å². The molecule has 4 nitrogen and oxygen atoms in total. The summed E-state index contributed by atoms with van der Waals surface area (Å²) in [7, 11) is 0. The number of pyridine rings is 1. The van der Waals surface area contributed by atoms with Gasteiger partial charge in [-0.3, -0.25) is 4.79 Å². The van der Waals surface area contributed by atoms with E-state index in [-0.39, 0.29) is 22.8 Å². The fourth-order valence-corrected chi connectivity index (χ4v) is 2.61. The van der Waals surface area contributed by atoms with E-state index in [4.69, 9.17) is 23.2 Å². The summed E-state index contributed by atoms with van der Waals surface area (Å²) in [6.45, 7) is 0.253. The molecule has 1 fully saturated rings. The molecule has 0 atom stereocenters. The Labute approximate surface area is 115 Å². The van der Waals surface area contributed by atoms with Crippen molar-refractivity contribution in [2.24, 2.45) is 0 Å². The fraction of sp³-hybridized carbons (Fsp3) is 0.500. The number of aromatic nitrogens is 1. The topological polar surface area (TPSA) is 62.2 Å². The lowest BCUT2D eigenvalue weighted by Crippen LogP contribution is -2.40. The summed E-state index contributed by atoms with van der Waals surface area (Å²) >= 11 is 11.4. The smallest absolute Gasteiger partial charge is 0.251 e. The van der Waals surface area contributed by atoms with E-state index >= 15 is 0 Å². The minimum absolute atomic E-state index is 0.173. The van der Waals surface area contributed by atoms with E-state index in [1.807, 2.05) is 0 Å². The molecule has 2 rings (SSSR count). The van der Waals surface area contributed by atoms with E-state index in [2.05, 4.69) is 10.3 Å². The number of hydrogen-bond acceptors (Lipinski definition) is 3. The Hall–Kier alpha value is -0.840. The van der Waals surface area contributed by atoms with Crippen molar-refractivity contribution < 1.29 is 9.90 Å². The first-order valence-corrected chi connectivity index (χ1v) is 6.58. The summed E-state index contributed by atoms with van der Waals surface area (Å²) in [6.07, 6.45) is 3.45. The van der Waals surface area contributed by atoms with E-state index in [1.54, 1.807) is 0 Å². The zero-order valence-electron chi connectivity index (χ0n) is 9.75. The van der Waals surface area contributed by atoms with Crippen LogP contribution in [0.5, 0.6) is 0 Å². The Morgan fingerprint density at radius 1 is 1.33 bits per heavy atom. The van der Waals surface area contributed by atoms with Crippen molar-refractivity contribution in [2.45, 2.75) is 31.3 Å². The Kier molecular flexibility index (Phi) is 4.10. The molecule has 1 saturated carbocycles. The molecule has 1 heterocycles. The number of nitrogens with zero attached hydrogens (tertiary/aromatic N) is 1. The van der Waals surface area contributed by atoms with Crippen LogP contribution in [0.1, 0.15) is 36.0 Å². The molecule has 0 saturated heterocycles. The number of nitrogens with one attached hydrogen (secondary N) is 1. The first-order chi connectivity index (χ1) is 8.48. The van der Waals surface area contributed by atoms with Gasteiger partial charge in [0, 0.05) is 12.1 Å². The van der Waals surface area contributed by atoms with Crippen LogP contribution < -0.4 is 5.32 Å². The second-order valence-electron chi connectivity index (χ2n) is 4.62. The third-order valence-corrected chi connectivity index (χ3v) is 3.52. The number of amides is 1. The first-order valence-electron chi connectivity index (χ1n) is 5.82. The zero-order valence-corrected chi connectivity index (χ0v) is 11.3. The Bertz CT molecular complexity index is 439. The maximum Gasteiger partial charge on any atom is 0.251 e. The summed E-state index contributed by atoms with van der Waals surface area (Å²) in [5, 5.41) is 13.2. The van der Waals surface area contributed by atoms with Crippen LogP contribution in [0.2, 0.25) is 10.3 Å². The molecule has 98 valence electrons. The van der Waals surface area contributed by atoms with E-state index < -0.39 is 5.60 Å². The molecule has 2 N–H and O–H groups in total. The highest BCUT2D eigenvalue weighted by Crippen LogP contribution is 2.28. The highest BCUT2D eigenvalue weighted by molar-refractivity contribution is 6.33. The van der Waals surface area contributed by atoms with Crippen molar-refractivity contribution in [3.8, 4) is 0 Å². The zero-order chi connectivity index (χ0) is 13.2. The number of rotatable bonds is 3. The standard InChI is InChI=1S/C12H14Cl2N2O2/c13-9-5-8(6-10(14)16-9)11(17)15-7-12(18)3-1-2-4-12/h5-6,18H,1-4,7H2,(H,15,17). The van der Waals surface area contributed by atoms with Crippen LogP contribution in [0.25, 0.3) is 0 Å². The predicted molar refractivity (Wildman–Crippen MR) is 70.0 cm³/mol. The van der Waals surface area contributed by atoms with E-state index in [0.29, 0.717) is 5.56 Å². The SMILES string of the molecule is O=C(NCC1(O)CCCC1)c1cc(Cl)nc(Cl)c1. The lowest BCUT2D eigenvalue weighted by molar-refractivity contribution is 0.0449. The molecule has 6 heteroatoms. The normalized spacial score (nSPS) is 17.7. The summed E-state index contributed by atoms with van der Waals surface area (Å²) < 4.78 is 0. The second kappa shape index (κ2) is 5.43. The highest BCUT2D eigenvalue weighted by atomic mass is 35.5. The first kappa shape index (κ1) is 13.6. The number of halogens is 2. The molecule has 1 aliphatic rings. The van der Waals surface area contributed by atoms with Gasteiger partial charge >= 0.3 is 0 Å². The average Bonchev–Trinajstić information content (AvgIpc) is 2.72. The summed E-state index contributed by atoms with van der Waals surface area (Å²) in [5.41, 5.74) is -0.419. The number of aliphatic hydroxyl groups is 1. The molecule has 0 radical (unpaired) electrons. The molecular weight excluding hydrogens is 275 g/mol. The molecule has 0 aliphatic heterocycles. The minimum atomic E-state index is -0.768. The molecule has 0 spiro atoms. The van der Waals surface area contributed by atoms with Gasteiger partial charge in [-0.25, -0.2) is 4.98 Å². The Morgan fingerprint density at radius 3 is 2.44 bits per heavy atom. The van der Waals surface area contributed by atoms with Crippen LogP contribution in [-0.2, 0) is 0 Å². The van der Waals surface area contributed by atoms with Crippen LogP contribution in [-0.4, -0.2) is 28.1 Å². The third kappa shape index (κ3) is 3.34. The lowest BCUT2D eigenvalue weighted by atomic mass is 10.0. The molecule has 1 aromatic heterocycles. The molecule has 0 bridgehead atoms. The fourth-order valence-electron chi connectivity index (χ4n) is 2.15. The van der Waals surface area contributed by atoms with Crippen LogP contribution in [0.3, 0.4) is 0 Å². The number of carbonyl (C=O) groups excluding carboxylic acids is 1. The van der Waals surface area contributed by atoms with Crippen LogP contribution >= 0.6 is 23.2 Å². The number of hydrogen-bond donors (Lipinski definition) is 2. The summed E-state index contributed by atoms with van der Waals surface area (Å²) in [6, 6.07) is 2.89. The average molecular weight is 289 g/mol. The third-order valence-electron chi connectivity index (χ3n) is 3.14. The highest BCUT2D eigenvalue weighted by Gasteiger charge is 2.31. The van der Waals surface area contributed by atoms with Gasteiger partial charge in [-0.15, -0.1) is 0 Å². The largest absolute Gasteiger partial charge is 0.388 e. The lowest BCUT2D eigenvalue weighted by Gasteiger charge is -2.22. The van der Waals surface area contributed by atoms with Gasteiger partial charge in [-0.1, -0.05) is 36.0 Å². The van der Waals surface area contributed by atoms with Gasteiger partial charge in [-0.05, 0) is 25.0 Å². The molecule has 18 heavy (non-hydrogen) atoms. The van der Waals surface area contributed by atoms with Crippen molar-refractivity contribution in [1.29, 1.82) is 0 Å². The second-order valence-corrected chi connectivity index (χ2v) is 5.39. The van der Waals surface area contributed by atoms with Crippen LogP contribution in [0, 0.1) is 0 Å². The van der Waals surface area contributed by atoms with Gasteiger partial charge in [0.25, 0.3) is 5.91 Å². The minimum Gasteiger partial charge on any atom is -0.388 e. The van der Waals surface area contributed by atoms with Crippen molar-refractivity contribution in [3.63, 3.8) is 0 Å². The van der Waals surface area contributed by atoms with Crippen LogP contribution in [0.4, 0.5) is 0 Å². The molecule has 1 amide bonds. The molecular formula is C12H14Cl2N2O2. The van der Waals surface area contributed by atoms with Gasteiger partial charge < -0.3 is 10.4 Å². The van der Waals surface area contributed by atoms with Gasteiger partial charge in [0.05, 0.1) is 5.60 Å². The predicted octanol–water partition coefficient (Wildman–Crippen LogP) is 2.42. The molecule has 1 aromatic rings. The molecule has 1 aliphatic carbocycles. The van der Waals surface area contributed by atoms with Gasteiger partial charge in [0.2, 0.25) is 0 Å². The molecule has 0 unspecified atom stereocenters. The Morgan fingerprint density at radius 2 is 1.89 bits per heavy atom. The van der Waals surface area contributed by atoms with Crippen molar-refractivity contribution >= 4 is 29.1 Å². The van der Waals surface area contributed by atoms with E-state index in [1.165, 1.54) is 12.1 Å². The summed E-state index contributed by atoms with van der Waals surface area (Å²) in [5.74, 6) is -0.304. The van der Waals surface area contributed by atoms with E-state index in [9.17, 15) is 9.90 Å². The molecule has 0 aromatic carbocycles. The maximum atomic E-state index is 11.9. The summed E-state index contributed by atoms with van der Waals surface area (Å²) in [4.78, 5) is 15.7. The van der Waals surface area contributed by atoms with Gasteiger partial charge in [-0.2, -0.15) is 0 Å². The van der Waals surface area contributed by atoms with Crippen LogP contribution in [0.15, 0.2) is 12.1 Å². The maximum absolute atomic E-state index is 11.9. The Balaban J connectivity index is 1.99. The van der Waals surface area contributed by atoms with Gasteiger partial charge in [0.15, 0.2) is 0 Å².